The van der Waals surface area contributed by atoms with E-state index in [0.29, 0.717) is 17.7 Å². The molecule has 0 aliphatic carbocycles. The highest BCUT2D eigenvalue weighted by Gasteiger charge is 2.32. The molecule has 9 heteroatoms. The molecule has 2 rings (SSSR count). The van der Waals surface area contributed by atoms with E-state index in [-0.39, 0.29) is 18.5 Å². The Morgan fingerprint density at radius 2 is 1.59 bits per heavy atom. The van der Waals surface area contributed by atoms with Gasteiger partial charge >= 0.3 is 0 Å². The van der Waals surface area contributed by atoms with Gasteiger partial charge in [-0.25, -0.2) is 12.8 Å². The van der Waals surface area contributed by atoms with E-state index in [2.05, 4.69) is 5.32 Å². The number of hydrogen-bond donors (Lipinski definition) is 1. The summed E-state index contributed by atoms with van der Waals surface area (Å²) < 4.78 is 39.8. The highest BCUT2D eigenvalue weighted by molar-refractivity contribution is 7.92. The van der Waals surface area contributed by atoms with Crippen molar-refractivity contribution in [2.24, 2.45) is 0 Å². The summed E-state index contributed by atoms with van der Waals surface area (Å²) in [5.74, 6) is -1.27. The van der Waals surface area contributed by atoms with E-state index >= 15 is 0 Å². The molecule has 0 aliphatic heterocycles. The lowest BCUT2D eigenvalue weighted by atomic mass is 10.1. The zero-order valence-electron chi connectivity index (χ0n) is 20.6. The molecule has 7 nitrogen and oxygen atoms in total. The largest absolute Gasteiger partial charge is 0.352 e. The molecule has 0 fully saturated rings. The summed E-state index contributed by atoms with van der Waals surface area (Å²) >= 11 is 0. The van der Waals surface area contributed by atoms with Crippen LogP contribution in [0, 0.1) is 19.7 Å². The van der Waals surface area contributed by atoms with Gasteiger partial charge in [-0.2, -0.15) is 0 Å². The molecule has 2 aromatic carbocycles. The Kier molecular flexibility index (Phi) is 9.21. The molecule has 0 unspecified atom stereocenters. The van der Waals surface area contributed by atoms with Gasteiger partial charge in [-0.15, -0.1) is 0 Å². The number of carbonyl (C=O) groups excluding carboxylic acids is 2. The van der Waals surface area contributed by atoms with Crippen molar-refractivity contribution < 1.29 is 22.4 Å². The number of hydrogen-bond acceptors (Lipinski definition) is 4. The molecule has 1 atom stereocenters. The lowest BCUT2D eigenvalue weighted by Crippen LogP contribution is -2.53. The van der Waals surface area contributed by atoms with Gasteiger partial charge in [0.05, 0.1) is 11.9 Å². The fraction of sp³-hybridized carbons (Fsp3) is 0.440. The maximum Gasteiger partial charge on any atom is 0.244 e. The van der Waals surface area contributed by atoms with Crippen LogP contribution < -0.4 is 9.62 Å². The topological polar surface area (TPSA) is 86.8 Å². The molecule has 0 saturated carbocycles. The number of rotatable bonds is 10. The Hall–Kier alpha value is -2.94. The monoisotopic (exact) mass is 491 g/mol. The predicted octanol–water partition coefficient (Wildman–Crippen LogP) is 3.54. The van der Waals surface area contributed by atoms with Crippen molar-refractivity contribution in [1.29, 1.82) is 0 Å². The average molecular weight is 492 g/mol. The predicted molar refractivity (Wildman–Crippen MR) is 132 cm³/mol. The van der Waals surface area contributed by atoms with Crippen molar-refractivity contribution >= 4 is 27.5 Å². The number of aryl methyl sites for hydroxylation is 2. The summed E-state index contributed by atoms with van der Waals surface area (Å²) in [7, 11) is -3.79. The van der Waals surface area contributed by atoms with Crippen LogP contribution in [0.2, 0.25) is 0 Å². The molecule has 0 bridgehead atoms. The molecular weight excluding hydrogens is 457 g/mol. The zero-order valence-corrected chi connectivity index (χ0v) is 21.4. The van der Waals surface area contributed by atoms with Crippen LogP contribution in [0.15, 0.2) is 42.5 Å². The van der Waals surface area contributed by atoms with Gasteiger partial charge in [0.25, 0.3) is 0 Å². The van der Waals surface area contributed by atoms with Crippen molar-refractivity contribution in [1.82, 2.24) is 10.2 Å². The maximum absolute atomic E-state index is 13.6. The number of amides is 2. The van der Waals surface area contributed by atoms with E-state index in [9.17, 15) is 22.4 Å². The Morgan fingerprint density at radius 3 is 2.06 bits per heavy atom. The van der Waals surface area contributed by atoms with E-state index in [1.165, 1.54) is 17.0 Å². The minimum Gasteiger partial charge on any atom is -0.352 e. The molecule has 1 N–H and O–H groups in total. The fourth-order valence-electron chi connectivity index (χ4n) is 3.80. The molecule has 0 aliphatic rings. The van der Waals surface area contributed by atoms with Crippen LogP contribution in [0.4, 0.5) is 10.1 Å². The number of halogens is 1. The van der Waals surface area contributed by atoms with Gasteiger partial charge in [-0.1, -0.05) is 25.1 Å². The smallest absolute Gasteiger partial charge is 0.244 e. The number of carbonyl (C=O) groups is 2. The van der Waals surface area contributed by atoms with E-state index in [1.54, 1.807) is 31.2 Å². The summed E-state index contributed by atoms with van der Waals surface area (Å²) in [4.78, 5) is 27.9. The second-order valence-corrected chi connectivity index (χ2v) is 10.8. The first-order valence-electron chi connectivity index (χ1n) is 11.2. The van der Waals surface area contributed by atoms with Crippen molar-refractivity contribution in [3.63, 3.8) is 0 Å². The number of sulfonamides is 1. The standard InChI is InChI=1S/C25H34FN3O4S/c1-7-23(25(31)27-17(2)3)28(15-20-8-10-21(26)11-9-20)24(30)16-29(34(6,32)33)22-13-18(4)12-19(5)14-22/h8-14,17,23H,7,15-16H2,1-6H3,(H,27,31)/t23-/m0/s1. The molecule has 0 spiro atoms. The Balaban J connectivity index is 2.46. The molecule has 0 heterocycles. The van der Waals surface area contributed by atoms with Crippen LogP contribution in [0.5, 0.6) is 0 Å². The van der Waals surface area contributed by atoms with Crippen LogP contribution in [-0.2, 0) is 26.2 Å². The quantitative estimate of drug-likeness (QED) is 0.551. The minimum absolute atomic E-state index is 0.0353. The molecule has 2 amide bonds. The second kappa shape index (κ2) is 11.5. The van der Waals surface area contributed by atoms with Gasteiger partial charge in [-0.05, 0) is 75.1 Å². The number of nitrogens with zero attached hydrogens (tertiary/aromatic N) is 2. The van der Waals surface area contributed by atoms with E-state index in [1.807, 2.05) is 33.8 Å². The highest BCUT2D eigenvalue weighted by atomic mass is 32.2. The summed E-state index contributed by atoms with van der Waals surface area (Å²) in [5.41, 5.74) is 2.74. The summed E-state index contributed by atoms with van der Waals surface area (Å²) in [6, 6.07) is 10.0. The van der Waals surface area contributed by atoms with Gasteiger partial charge in [-0.3, -0.25) is 13.9 Å². The van der Waals surface area contributed by atoms with E-state index in [4.69, 9.17) is 0 Å². The van der Waals surface area contributed by atoms with Crippen LogP contribution in [0.3, 0.4) is 0 Å². The van der Waals surface area contributed by atoms with Crippen molar-refractivity contribution in [2.75, 3.05) is 17.1 Å². The Morgan fingerprint density at radius 1 is 1.03 bits per heavy atom. The second-order valence-electron chi connectivity index (χ2n) is 8.85. The SMILES string of the molecule is CC[C@@H](C(=O)NC(C)C)N(Cc1ccc(F)cc1)C(=O)CN(c1cc(C)cc(C)c1)S(C)(=O)=O. The third-order valence-electron chi connectivity index (χ3n) is 5.26. The first-order valence-corrected chi connectivity index (χ1v) is 13.1. The van der Waals surface area contributed by atoms with Crippen molar-refractivity contribution in [2.45, 2.75) is 59.7 Å². The first kappa shape index (κ1) is 27.3. The lowest BCUT2D eigenvalue weighted by molar-refractivity contribution is -0.140. The highest BCUT2D eigenvalue weighted by Crippen LogP contribution is 2.22. The van der Waals surface area contributed by atoms with E-state index in [0.717, 1.165) is 21.7 Å². The fourth-order valence-corrected chi connectivity index (χ4v) is 4.63. The maximum atomic E-state index is 13.6. The molecule has 34 heavy (non-hydrogen) atoms. The number of benzene rings is 2. The van der Waals surface area contributed by atoms with E-state index < -0.39 is 34.3 Å². The molecule has 186 valence electrons. The Bertz CT molecular complexity index is 1100. The number of anilines is 1. The average Bonchev–Trinajstić information content (AvgIpc) is 2.71. The van der Waals surface area contributed by atoms with Crippen LogP contribution in [-0.4, -0.2) is 50.0 Å². The lowest BCUT2D eigenvalue weighted by Gasteiger charge is -2.33. The Labute approximate surface area is 202 Å². The summed E-state index contributed by atoms with van der Waals surface area (Å²) in [6.45, 7) is 8.70. The van der Waals surface area contributed by atoms with Gasteiger partial charge in [0.1, 0.15) is 18.4 Å². The van der Waals surface area contributed by atoms with Gasteiger partial charge < -0.3 is 10.2 Å². The number of nitrogens with one attached hydrogen (secondary N) is 1. The molecule has 2 aromatic rings. The third-order valence-corrected chi connectivity index (χ3v) is 6.40. The normalized spacial score (nSPS) is 12.4. The van der Waals surface area contributed by atoms with Crippen molar-refractivity contribution in [3.05, 3.63) is 65.0 Å². The van der Waals surface area contributed by atoms with Crippen LogP contribution >= 0.6 is 0 Å². The molecule has 0 saturated heterocycles. The summed E-state index contributed by atoms with van der Waals surface area (Å²) in [5, 5.41) is 2.83. The minimum atomic E-state index is -3.79. The van der Waals surface area contributed by atoms with Gasteiger partial charge in [0, 0.05) is 12.6 Å². The molecule has 0 aromatic heterocycles. The zero-order chi connectivity index (χ0) is 25.6. The van der Waals surface area contributed by atoms with Crippen LogP contribution in [0.25, 0.3) is 0 Å². The molecule has 0 radical (unpaired) electrons. The van der Waals surface area contributed by atoms with Gasteiger partial charge in [0.15, 0.2) is 0 Å². The summed E-state index contributed by atoms with van der Waals surface area (Å²) in [6.07, 6.45) is 1.37. The first-order chi connectivity index (χ1) is 15.8. The third kappa shape index (κ3) is 7.55. The van der Waals surface area contributed by atoms with Crippen molar-refractivity contribution in [3.8, 4) is 0 Å². The van der Waals surface area contributed by atoms with Crippen LogP contribution in [0.1, 0.15) is 43.9 Å². The molecular formula is C25H34FN3O4S. The van der Waals surface area contributed by atoms with Gasteiger partial charge in [0.2, 0.25) is 21.8 Å².